The van der Waals surface area contributed by atoms with Gasteiger partial charge in [0.05, 0.1) is 28.8 Å². The van der Waals surface area contributed by atoms with E-state index in [4.69, 9.17) is 4.98 Å². The third-order valence-corrected chi connectivity index (χ3v) is 10.5. The van der Waals surface area contributed by atoms with Gasteiger partial charge in [0, 0.05) is 18.0 Å². The van der Waals surface area contributed by atoms with E-state index >= 15 is 0 Å². The first-order valence-corrected chi connectivity index (χ1v) is 18.8. The second-order valence-corrected chi connectivity index (χ2v) is 13.9. The molecule has 0 aliphatic carbocycles. The van der Waals surface area contributed by atoms with Gasteiger partial charge in [0.1, 0.15) is 0 Å². The summed E-state index contributed by atoms with van der Waals surface area (Å²) in [4.78, 5) is 14.1. The van der Waals surface area contributed by atoms with Crippen molar-refractivity contribution in [2.45, 2.75) is 13.3 Å². The van der Waals surface area contributed by atoms with Gasteiger partial charge >= 0.3 is 0 Å². The summed E-state index contributed by atoms with van der Waals surface area (Å²) in [5, 5.41) is 17.5. The monoisotopic (exact) mass is 716 g/mol. The van der Waals surface area contributed by atoms with E-state index in [0.717, 1.165) is 56.2 Å². The number of nitrogens with zero attached hydrogens (tertiary/aromatic N) is 4. The van der Waals surface area contributed by atoms with Crippen LogP contribution in [0.2, 0.25) is 0 Å². The maximum Gasteiger partial charge on any atom is 0.0988 e. The zero-order chi connectivity index (χ0) is 37.8. The summed E-state index contributed by atoms with van der Waals surface area (Å²) in [6.07, 6.45) is 8.30. The van der Waals surface area contributed by atoms with E-state index in [9.17, 15) is 5.26 Å². The number of allylic oxidation sites excluding steroid dienone is 4. The van der Waals surface area contributed by atoms with Gasteiger partial charge in [-0.3, -0.25) is 9.97 Å². The molecule has 9 rings (SSSR count). The fraction of sp³-hybridized carbons (Fsp3) is 0.0385. The van der Waals surface area contributed by atoms with Gasteiger partial charge in [-0.05, 0) is 133 Å². The Balaban J connectivity index is 1.02. The molecule has 0 amide bonds. The molecule has 0 atom stereocenters. The zero-order valence-electron chi connectivity index (χ0n) is 30.9. The molecule has 0 saturated carbocycles. The smallest absolute Gasteiger partial charge is 0.0988 e. The summed E-state index contributed by atoms with van der Waals surface area (Å²) in [5.74, 6) is 0. The van der Waals surface area contributed by atoms with Gasteiger partial charge in [-0.15, -0.1) is 0 Å². The molecule has 0 bridgehead atoms. The van der Waals surface area contributed by atoms with Crippen LogP contribution in [0.5, 0.6) is 0 Å². The minimum Gasteiger partial charge on any atom is -0.255 e. The Morgan fingerprint density at radius 2 is 1.12 bits per heavy atom. The van der Waals surface area contributed by atoms with Crippen molar-refractivity contribution < 1.29 is 0 Å². The van der Waals surface area contributed by atoms with E-state index in [0.29, 0.717) is 12.0 Å². The molecule has 4 heteroatoms. The normalized spacial score (nSPS) is 11.9. The molecule has 3 aromatic heterocycles. The van der Waals surface area contributed by atoms with Crippen molar-refractivity contribution >= 4 is 37.9 Å². The van der Waals surface area contributed by atoms with Gasteiger partial charge in [0.2, 0.25) is 0 Å². The predicted octanol–water partition coefficient (Wildman–Crippen LogP) is 13.1. The Kier molecular flexibility index (Phi) is 9.25. The van der Waals surface area contributed by atoms with Crippen molar-refractivity contribution in [3.63, 3.8) is 0 Å². The lowest BCUT2D eigenvalue weighted by atomic mass is 9.92. The number of aromatic nitrogens is 3. The summed E-state index contributed by atoms with van der Waals surface area (Å²) >= 11 is 0. The molecular weight excluding hydrogens is 681 g/mol. The minimum atomic E-state index is 0.643. The quantitative estimate of drug-likeness (QED) is 0.0892. The largest absolute Gasteiger partial charge is 0.255 e. The lowest BCUT2D eigenvalue weighted by molar-refractivity contribution is 1.22. The van der Waals surface area contributed by atoms with Gasteiger partial charge in [-0.25, -0.2) is 4.98 Å². The number of nitriles is 1. The highest BCUT2D eigenvalue weighted by Crippen LogP contribution is 2.36. The van der Waals surface area contributed by atoms with Crippen molar-refractivity contribution in [2.24, 2.45) is 0 Å². The van der Waals surface area contributed by atoms with E-state index in [1.807, 2.05) is 42.5 Å². The summed E-state index contributed by atoms with van der Waals surface area (Å²) in [5.41, 5.74) is 11.7. The van der Waals surface area contributed by atoms with Crippen LogP contribution in [0, 0.1) is 11.3 Å². The zero-order valence-corrected chi connectivity index (χ0v) is 30.9. The number of hydrogen-bond acceptors (Lipinski definition) is 4. The summed E-state index contributed by atoms with van der Waals surface area (Å²) in [6.45, 7) is 2.10. The van der Waals surface area contributed by atoms with E-state index in [-0.39, 0.29) is 0 Å². The number of fused-ring (bicyclic) bond motifs is 4. The molecule has 3 heterocycles. The fourth-order valence-corrected chi connectivity index (χ4v) is 7.67. The van der Waals surface area contributed by atoms with Gasteiger partial charge in [-0.2, -0.15) is 5.26 Å². The molecule has 0 aliphatic heterocycles. The predicted molar refractivity (Wildman–Crippen MR) is 232 cm³/mol. The molecule has 0 fully saturated rings. The number of hydrogen-bond donors (Lipinski definition) is 0. The standard InChI is InChI=1S/C52H36N4/c1-35(48-31-40-12-2-3-14-43(40)46-16-6-7-17-47(46)48)30-36(34-53)20-21-38-26-27-44(45-15-5-4-13-42(38)45)39-24-22-37(23-25-39)41-32-51(49-18-8-10-28-54-49)56-52(33-41)50-19-9-11-29-55-50/h2-20,22-33H,21H2,1H3/b35-30+,36-20+. The van der Waals surface area contributed by atoms with Crippen molar-refractivity contribution in [1.82, 2.24) is 15.0 Å². The first-order valence-electron chi connectivity index (χ1n) is 18.8. The lowest BCUT2D eigenvalue weighted by Crippen LogP contribution is -1.94. The lowest BCUT2D eigenvalue weighted by Gasteiger charge is -2.13. The Bertz CT molecular complexity index is 2930. The molecule has 0 aliphatic rings. The molecule has 0 spiro atoms. The van der Waals surface area contributed by atoms with Crippen LogP contribution in [-0.2, 0) is 6.42 Å². The third-order valence-electron chi connectivity index (χ3n) is 10.5. The molecule has 264 valence electrons. The van der Waals surface area contributed by atoms with Crippen molar-refractivity contribution in [3.8, 4) is 51.1 Å². The first-order chi connectivity index (χ1) is 27.6. The molecule has 0 unspecified atom stereocenters. The van der Waals surface area contributed by atoms with Crippen LogP contribution in [-0.4, -0.2) is 15.0 Å². The second-order valence-electron chi connectivity index (χ2n) is 13.9. The molecule has 56 heavy (non-hydrogen) atoms. The molecular formula is C52H36N4. The first kappa shape index (κ1) is 34.3. The van der Waals surface area contributed by atoms with Crippen LogP contribution in [0.1, 0.15) is 18.1 Å². The van der Waals surface area contributed by atoms with Crippen molar-refractivity contribution in [3.05, 3.63) is 205 Å². The van der Waals surface area contributed by atoms with E-state index in [1.165, 1.54) is 37.9 Å². The average molecular weight is 717 g/mol. The number of rotatable bonds is 8. The third kappa shape index (κ3) is 6.75. The summed E-state index contributed by atoms with van der Waals surface area (Å²) < 4.78 is 0. The van der Waals surface area contributed by atoms with Gasteiger partial charge in [-0.1, -0.05) is 127 Å². The van der Waals surface area contributed by atoms with Crippen LogP contribution >= 0.6 is 0 Å². The van der Waals surface area contributed by atoms with Crippen molar-refractivity contribution in [2.75, 3.05) is 0 Å². The van der Waals surface area contributed by atoms with Crippen LogP contribution in [0.4, 0.5) is 0 Å². The molecule has 9 aromatic rings. The highest BCUT2D eigenvalue weighted by Gasteiger charge is 2.13. The van der Waals surface area contributed by atoms with Gasteiger partial charge in [0.15, 0.2) is 0 Å². The van der Waals surface area contributed by atoms with Crippen LogP contribution < -0.4 is 0 Å². The summed E-state index contributed by atoms with van der Waals surface area (Å²) in [7, 11) is 0. The Hall–Kier alpha value is -7.48. The number of benzene rings is 6. The SMILES string of the molecule is C/C(=C\C(C#N)=C/Cc1ccc(-c2ccc(-c3cc(-c4ccccn4)nc(-c4ccccn4)c3)cc2)c2ccccc12)c1cc2ccccc2c2ccccc12. The second kappa shape index (κ2) is 15.1. The maximum absolute atomic E-state index is 10.3. The van der Waals surface area contributed by atoms with E-state index < -0.39 is 0 Å². The highest BCUT2D eigenvalue weighted by atomic mass is 14.8. The molecule has 0 radical (unpaired) electrons. The van der Waals surface area contributed by atoms with Crippen LogP contribution in [0.3, 0.4) is 0 Å². The van der Waals surface area contributed by atoms with E-state index in [2.05, 4.69) is 156 Å². The molecule has 0 saturated heterocycles. The van der Waals surface area contributed by atoms with Crippen LogP contribution in [0.25, 0.3) is 82.9 Å². The highest BCUT2D eigenvalue weighted by molar-refractivity contribution is 6.12. The van der Waals surface area contributed by atoms with Gasteiger partial charge < -0.3 is 0 Å². The average Bonchev–Trinajstić information content (AvgIpc) is 3.28. The van der Waals surface area contributed by atoms with Crippen molar-refractivity contribution in [1.29, 1.82) is 5.26 Å². The van der Waals surface area contributed by atoms with Crippen LogP contribution in [0.15, 0.2) is 194 Å². The molecule has 6 aromatic carbocycles. The van der Waals surface area contributed by atoms with E-state index in [1.54, 1.807) is 12.4 Å². The summed E-state index contributed by atoms with van der Waals surface area (Å²) in [6, 6.07) is 59.3. The topological polar surface area (TPSA) is 62.5 Å². The van der Waals surface area contributed by atoms with Gasteiger partial charge in [0.25, 0.3) is 0 Å². The minimum absolute atomic E-state index is 0.643. The Morgan fingerprint density at radius 3 is 1.79 bits per heavy atom. The molecule has 4 nitrogen and oxygen atoms in total. The number of pyridine rings is 3. The maximum atomic E-state index is 10.3. The Labute approximate surface area is 326 Å². The fourth-order valence-electron chi connectivity index (χ4n) is 7.67. The molecule has 0 N–H and O–H groups in total. The Morgan fingerprint density at radius 1 is 0.536 bits per heavy atom.